The Kier molecular flexibility index (Phi) is 9.74. The van der Waals surface area contributed by atoms with Crippen LogP contribution in [0.4, 0.5) is 49.1 Å². The number of alkyl halides is 6. The van der Waals surface area contributed by atoms with Crippen LogP contribution in [0.2, 0.25) is 10.0 Å². The minimum atomic E-state index is -5.37. The van der Waals surface area contributed by atoms with Gasteiger partial charge < -0.3 is 19.0 Å². The van der Waals surface area contributed by atoms with Crippen LogP contribution in [-0.2, 0) is 12.4 Å². The van der Waals surface area contributed by atoms with E-state index in [1.54, 1.807) is 0 Å². The third kappa shape index (κ3) is 7.16. The Hall–Kier alpha value is -6.75. The minimum Gasteiger partial charge on any atom is -0.507 e. The van der Waals surface area contributed by atoms with Crippen LogP contribution in [0, 0.1) is 40.5 Å². The topological polar surface area (TPSA) is 241 Å². The SMILES string of the molecule is O=c1cc(-c2ccc(Oc3c([N+](=O)[O-])cc(C(F)(F)F)c(Cl)c3[N+](=O)[O-])cc2)oc2cc(Oc3c([N+](=O)[O-])cc(C(F)(F)F)c(Cl)c3[N+](=O)[O-])cc(O)c12. The summed E-state index contributed by atoms with van der Waals surface area (Å²) in [4.78, 5) is 53.9. The highest BCUT2D eigenvalue weighted by Crippen LogP contribution is 2.52. The molecular weight excluding hydrogens is 797 g/mol. The summed E-state index contributed by atoms with van der Waals surface area (Å²) in [5.74, 6) is -5.07. The van der Waals surface area contributed by atoms with Crippen LogP contribution < -0.4 is 14.9 Å². The standard InChI is InChI=1S/C29H10Cl2F6N4O13/c30-22-13(28(32,33)34)7-15(38(44)45)26(24(22)40(48)49)52-11-3-1-10(2-4-11)19-9-18(43)21-17(42)5-12(6-20(21)54-19)53-27-16(39(46)47)8-14(29(35,36)37)23(31)25(27)41(50)51/h1-9,42H. The molecule has 1 N–H and O–H groups in total. The average Bonchev–Trinajstić information content (AvgIpc) is 3.03. The summed E-state index contributed by atoms with van der Waals surface area (Å²) >= 11 is 11.2. The van der Waals surface area contributed by atoms with E-state index in [2.05, 4.69) is 0 Å². The van der Waals surface area contributed by atoms with Crippen molar-refractivity contribution in [3.63, 3.8) is 0 Å². The van der Waals surface area contributed by atoms with Crippen molar-refractivity contribution in [3.8, 4) is 40.1 Å². The van der Waals surface area contributed by atoms with Crippen LogP contribution in [0.25, 0.3) is 22.3 Å². The fraction of sp³-hybridized carbons (Fsp3) is 0.0690. The van der Waals surface area contributed by atoms with E-state index in [1.807, 2.05) is 0 Å². The first-order valence-corrected chi connectivity index (χ1v) is 14.5. The predicted molar refractivity (Wildman–Crippen MR) is 169 cm³/mol. The summed E-state index contributed by atoms with van der Waals surface area (Å²) in [7, 11) is 0. The Morgan fingerprint density at radius 1 is 0.648 bits per heavy atom. The maximum Gasteiger partial charge on any atom is 0.418 e. The molecule has 0 radical (unpaired) electrons. The summed E-state index contributed by atoms with van der Waals surface area (Å²) in [5.41, 5.74) is -11.6. The molecule has 0 aliphatic heterocycles. The number of halogens is 8. The van der Waals surface area contributed by atoms with E-state index in [0.717, 1.165) is 36.4 Å². The molecule has 0 atom stereocenters. The fourth-order valence-electron chi connectivity index (χ4n) is 4.81. The van der Waals surface area contributed by atoms with Crippen molar-refractivity contribution in [3.05, 3.63) is 126 Å². The molecule has 0 aliphatic rings. The second-order valence-corrected chi connectivity index (χ2v) is 11.2. The second-order valence-electron chi connectivity index (χ2n) is 10.4. The van der Waals surface area contributed by atoms with Gasteiger partial charge in [-0.1, -0.05) is 23.2 Å². The molecule has 280 valence electrons. The van der Waals surface area contributed by atoms with Gasteiger partial charge in [0.15, 0.2) is 5.43 Å². The summed E-state index contributed by atoms with van der Waals surface area (Å²) in [5, 5.41) is 53.5. The highest BCUT2D eigenvalue weighted by molar-refractivity contribution is 6.34. The summed E-state index contributed by atoms with van der Waals surface area (Å²) in [6, 6.07) is 6.25. The molecule has 0 spiro atoms. The van der Waals surface area contributed by atoms with E-state index in [9.17, 15) is 76.7 Å². The third-order valence-electron chi connectivity index (χ3n) is 7.08. The van der Waals surface area contributed by atoms with Crippen LogP contribution in [0.1, 0.15) is 11.1 Å². The lowest BCUT2D eigenvalue weighted by Crippen LogP contribution is -2.10. The number of fused-ring (bicyclic) bond motifs is 1. The smallest absolute Gasteiger partial charge is 0.418 e. The van der Waals surface area contributed by atoms with E-state index >= 15 is 0 Å². The number of ether oxygens (including phenoxy) is 2. The molecule has 0 unspecified atom stereocenters. The Bertz CT molecular complexity index is 2510. The molecular formula is C29H10Cl2F6N4O13. The van der Waals surface area contributed by atoms with Gasteiger partial charge >= 0.3 is 35.1 Å². The zero-order valence-electron chi connectivity index (χ0n) is 25.4. The second kappa shape index (κ2) is 13.7. The van der Waals surface area contributed by atoms with Gasteiger partial charge in [-0.15, -0.1) is 0 Å². The quantitative estimate of drug-likeness (QED) is 0.0829. The van der Waals surface area contributed by atoms with Crippen molar-refractivity contribution in [2.45, 2.75) is 12.4 Å². The monoisotopic (exact) mass is 806 g/mol. The van der Waals surface area contributed by atoms with Crippen LogP contribution in [0.5, 0.6) is 28.7 Å². The number of hydrogen-bond acceptors (Lipinski definition) is 13. The number of phenolic OH excluding ortho intramolecular Hbond substituents is 1. The molecule has 0 fully saturated rings. The van der Waals surface area contributed by atoms with Gasteiger partial charge in [-0.05, 0) is 24.3 Å². The number of phenols is 1. The number of nitro groups is 4. The van der Waals surface area contributed by atoms with E-state index in [4.69, 9.17) is 37.1 Å². The molecule has 0 bridgehead atoms. The van der Waals surface area contributed by atoms with E-state index in [0.29, 0.717) is 6.07 Å². The van der Waals surface area contributed by atoms with Gasteiger partial charge in [0.1, 0.15) is 44.0 Å². The van der Waals surface area contributed by atoms with E-state index < -0.39 is 121 Å². The third-order valence-corrected chi connectivity index (χ3v) is 7.84. The van der Waals surface area contributed by atoms with Crippen molar-refractivity contribution < 1.29 is 65.0 Å². The number of rotatable bonds is 9. The first-order valence-electron chi connectivity index (χ1n) is 13.7. The molecule has 5 aromatic rings. The lowest BCUT2D eigenvalue weighted by Gasteiger charge is -2.13. The molecule has 0 aliphatic carbocycles. The van der Waals surface area contributed by atoms with Gasteiger partial charge in [0.05, 0.1) is 30.8 Å². The van der Waals surface area contributed by atoms with Crippen LogP contribution >= 0.6 is 23.2 Å². The maximum absolute atomic E-state index is 13.5. The van der Waals surface area contributed by atoms with Gasteiger partial charge in [0.25, 0.3) is 11.5 Å². The summed E-state index contributed by atoms with van der Waals surface area (Å²) < 4.78 is 96.7. The zero-order chi connectivity index (χ0) is 40.2. The maximum atomic E-state index is 13.5. The van der Waals surface area contributed by atoms with Crippen molar-refractivity contribution in [2.75, 3.05) is 0 Å². The Balaban J connectivity index is 1.57. The molecule has 0 amide bonds. The van der Waals surface area contributed by atoms with Gasteiger partial charge in [-0.3, -0.25) is 45.3 Å². The molecule has 54 heavy (non-hydrogen) atoms. The Morgan fingerprint density at radius 2 is 1.09 bits per heavy atom. The largest absolute Gasteiger partial charge is 0.507 e. The highest BCUT2D eigenvalue weighted by atomic mass is 35.5. The van der Waals surface area contributed by atoms with E-state index in [1.165, 1.54) is 0 Å². The van der Waals surface area contributed by atoms with Crippen molar-refractivity contribution in [1.82, 2.24) is 0 Å². The molecule has 0 saturated heterocycles. The van der Waals surface area contributed by atoms with Gasteiger partial charge in [0.2, 0.25) is 0 Å². The number of nitro benzene ring substituents is 4. The summed E-state index contributed by atoms with van der Waals surface area (Å²) in [6.45, 7) is 0. The van der Waals surface area contributed by atoms with Gasteiger partial charge in [-0.25, -0.2) is 0 Å². The van der Waals surface area contributed by atoms with Crippen LogP contribution in [0.15, 0.2) is 63.8 Å². The number of aromatic hydroxyl groups is 1. The molecule has 5 rings (SSSR count). The predicted octanol–water partition coefficient (Wildman–Crippen LogP) is 9.73. The number of nitrogens with zero attached hydrogens (tertiary/aromatic N) is 4. The average molecular weight is 807 g/mol. The van der Waals surface area contributed by atoms with Crippen LogP contribution in [0.3, 0.4) is 0 Å². The normalized spacial score (nSPS) is 11.7. The zero-order valence-corrected chi connectivity index (χ0v) is 26.9. The number of hydrogen-bond donors (Lipinski definition) is 1. The lowest BCUT2D eigenvalue weighted by molar-refractivity contribution is -0.396. The highest BCUT2D eigenvalue weighted by Gasteiger charge is 2.44. The van der Waals surface area contributed by atoms with Crippen molar-refractivity contribution >= 4 is 56.9 Å². The van der Waals surface area contributed by atoms with Crippen molar-refractivity contribution in [2.24, 2.45) is 0 Å². The molecule has 1 aromatic heterocycles. The molecule has 4 aromatic carbocycles. The molecule has 0 saturated carbocycles. The summed E-state index contributed by atoms with van der Waals surface area (Å²) in [6.07, 6.45) is -10.7. The van der Waals surface area contributed by atoms with Gasteiger partial charge in [0, 0.05) is 35.9 Å². The lowest BCUT2D eigenvalue weighted by atomic mass is 10.1. The minimum absolute atomic E-state index is 0.0255. The van der Waals surface area contributed by atoms with E-state index in [-0.39, 0.29) is 23.5 Å². The first kappa shape index (κ1) is 38.5. The first-order chi connectivity index (χ1) is 25.0. The van der Waals surface area contributed by atoms with Gasteiger partial charge in [-0.2, -0.15) is 26.3 Å². The molecule has 25 heteroatoms. The number of benzene rings is 4. The van der Waals surface area contributed by atoms with Crippen molar-refractivity contribution in [1.29, 1.82) is 0 Å². The van der Waals surface area contributed by atoms with Crippen LogP contribution in [-0.4, -0.2) is 24.8 Å². The Morgan fingerprint density at radius 3 is 1.50 bits per heavy atom. The molecule has 1 heterocycles. The fourth-order valence-corrected chi connectivity index (χ4v) is 5.44. The Labute approximate surface area is 300 Å². The molecule has 17 nitrogen and oxygen atoms in total.